The first kappa shape index (κ1) is 21.3. The lowest BCUT2D eigenvalue weighted by atomic mass is 9.96. The van der Waals surface area contributed by atoms with Gasteiger partial charge in [-0.15, -0.1) is 0 Å². The first-order valence-corrected chi connectivity index (χ1v) is 11.1. The number of nitrogens with one attached hydrogen (secondary N) is 1. The Labute approximate surface area is 194 Å². The summed E-state index contributed by atoms with van der Waals surface area (Å²) < 4.78 is 18.8. The molecule has 0 bridgehead atoms. The van der Waals surface area contributed by atoms with Crippen molar-refractivity contribution in [1.29, 1.82) is 0 Å². The van der Waals surface area contributed by atoms with Gasteiger partial charge in [0, 0.05) is 18.7 Å². The number of hydrogen-bond donors (Lipinski definition) is 1. The minimum atomic E-state index is -0.332. The SMILES string of the molecule is Cc1ccc(NC(=O)[C@@H]2CCCN(c3ncnc4onc(-c5ccc(F)cc5)c34)C2)c(Cl)c1. The molecule has 0 spiro atoms. The molecule has 0 radical (unpaired) electrons. The summed E-state index contributed by atoms with van der Waals surface area (Å²) in [5.74, 6) is -0.0110. The Morgan fingerprint density at radius 1 is 1.21 bits per heavy atom. The van der Waals surface area contributed by atoms with E-state index in [0.717, 1.165) is 24.9 Å². The van der Waals surface area contributed by atoms with Crippen LogP contribution in [-0.2, 0) is 4.79 Å². The Morgan fingerprint density at radius 3 is 2.82 bits per heavy atom. The molecule has 4 aromatic rings. The molecule has 2 aromatic heterocycles. The van der Waals surface area contributed by atoms with Gasteiger partial charge in [0.25, 0.3) is 5.71 Å². The zero-order chi connectivity index (χ0) is 22.9. The van der Waals surface area contributed by atoms with E-state index in [1.807, 2.05) is 25.1 Å². The van der Waals surface area contributed by atoms with Crippen molar-refractivity contribution in [2.24, 2.45) is 5.92 Å². The summed E-state index contributed by atoms with van der Waals surface area (Å²) in [6.07, 6.45) is 3.00. The first-order valence-electron chi connectivity index (χ1n) is 10.7. The zero-order valence-corrected chi connectivity index (χ0v) is 18.6. The summed E-state index contributed by atoms with van der Waals surface area (Å²) in [6, 6.07) is 11.6. The summed E-state index contributed by atoms with van der Waals surface area (Å²) >= 11 is 6.29. The van der Waals surface area contributed by atoms with Crippen molar-refractivity contribution >= 4 is 40.1 Å². The molecule has 1 fully saturated rings. The highest BCUT2D eigenvalue weighted by molar-refractivity contribution is 6.33. The van der Waals surface area contributed by atoms with Crippen LogP contribution < -0.4 is 10.2 Å². The smallest absolute Gasteiger partial charge is 0.263 e. The van der Waals surface area contributed by atoms with Crippen LogP contribution in [0, 0.1) is 18.7 Å². The van der Waals surface area contributed by atoms with Gasteiger partial charge >= 0.3 is 0 Å². The lowest BCUT2D eigenvalue weighted by Crippen LogP contribution is -2.41. The van der Waals surface area contributed by atoms with Crippen LogP contribution in [0.4, 0.5) is 15.9 Å². The second kappa shape index (κ2) is 8.78. The van der Waals surface area contributed by atoms with Gasteiger partial charge in [-0.1, -0.05) is 22.8 Å². The number of anilines is 2. The summed E-state index contributed by atoms with van der Waals surface area (Å²) in [4.78, 5) is 23.8. The van der Waals surface area contributed by atoms with E-state index in [1.165, 1.54) is 18.5 Å². The normalized spacial score (nSPS) is 16.2. The van der Waals surface area contributed by atoms with Gasteiger partial charge in [-0.3, -0.25) is 4.79 Å². The Kier molecular flexibility index (Phi) is 5.68. The number of hydrogen-bond acceptors (Lipinski definition) is 6. The molecule has 0 unspecified atom stereocenters. The maximum Gasteiger partial charge on any atom is 0.263 e. The number of carbonyl (C=O) groups is 1. The Morgan fingerprint density at radius 2 is 2.03 bits per heavy atom. The van der Waals surface area contributed by atoms with Gasteiger partial charge < -0.3 is 14.7 Å². The second-order valence-electron chi connectivity index (χ2n) is 8.17. The van der Waals surface area contributed by atoms with Crippen molar-refractivity contribution in [3.05, 3.63) is 65.2 Å². The fourth-order valence-electron chi connectivity index (χ4n) is 4.16. The molecule has 168 valence electrons. The summed E-state index contributed by atoms with van der Waals surface area (Å²) in [5.41, 5.74) is 3.22. The number of rotatable bonds is 4. The molecule has 0 saturated carbocycles. The highest BCUT2D eigenvalue weighted by Crippen LogP contribution is 2.35. The lowest BCUT2D eigenvalue weighted by Gasteiger charge is -2.33. The van der Waals surface area contributed by atoms with E-state index in [2.05, 4.69) is 25.3 Å². The van der Waals surface area contributed by atoms with Gasteiger partial charge in [-0.25, -0.2) is 9.37 Å². The summed E-state index contributed by atoms with van der Waals surface area (Å²) in [6.45, 7) is 3.16. The fraction of sp³-hybridized carbons (Fsp3) is 0.250. The highest BCUT2D eigenvalue weighted by Gasteiger charge is 2.29. The minimum Gasteiger partial charge on any atom is -0.355 e. The number of amides is 1. The number of nitrogens with zero attached hydrogens (tertiary/aromatic N) is 4. The van der Waals surface area contributed by atoms with Gasteiger partial charge in [0.1, 0.15) is 29.0 Å². The molecular weight excluding hydrogens is 445 g/mol. The van der Waals surface area contributed by atoms with Crippen molar-refractivity contribution in [2.75, 3.05) is 23.3 Å². The summed E-state index contributed by atoms with van der Waals surface area (Å²) in [7, 11) is 0. The number of piperidine rings is 1. The molecule has 7 nitrogen and oxygen atoms in total. The van der Waals surface area contributed by atoms with E-state index < -0.39 is 0 Å². The first-order chi connectivity index (χ1) is 16.0. The quantitative estimate of drug-likeness (QED) is 0.443. The predicted octanol–water partition coefficient (Wildman–Crippen LogP) is 5.24. The lowest BCUT2D eigenvalue weighted by molar-refractivity contribution is -0.120. The minimum absolute atomic E-state index is 0.0835. The van der Waals surface area contributed by atoms with Gasteiger partial charge in [0.05, 0.1) is 16.6 Å². The Hall–Kier alpha value is -3.52. The molecule has 1 atom stereocenters. The molecule has 1 aliphatic heterocycles. The van der Waals surface area contributed by atoms with E-state index in [1.54, 1.807) is 12.1 Å². The van der Waals surface area contributed by atoms with Gasteiger partial charge in [0.2, 0.25) is 5.91 Å². The molecule has 0 aliphatic carbocycles. The largest absolute Gasteiger partial charge is 0.355 e. The zero-order valence-electron chi connectivity index (χ0n) is 17.9. The second-order valence-corrected chi connectivity index (χ2v) is 8.58. The van der Waals surface area contributed by atoms with Gasteiger partial charge in [-0.05, 0) is 61.7 Å². The third-order valence-corrected chi connectivity index (χ3v) is 6.16. The topological polar surface area (TPSA) is 84.2 Å². The monoisotopic (exact) mass is 465 g/mol. The van der Waals surface area contributed by atoms with E-state index in [9.17, 15) is 9.18 Å². The van der Waals surface area contributed by atoms with E-state index in [0.29, 0.717) is 45.4 Å². The van der Waals surface area contributed by atoms with Crippen LogP contribution in [-0.4, -0.2) is 34.1 Å². The maximum absolute atomic E-state index is 13.4. The van der Waals surface area contributed by atoms with Crippen LogP contribution in [0.2, 0.25) is 5.02 Å². The van der Waals surface area contributed by atoms with Crippen LogP contribution in [0.3, 0.4) is 0 Å². The van der Waals surface area contributed by atoms with Crippen molar-refractivity contribution in [3.63, 3.8) is 0 Å². The average molecular weight is 466 g/mol. The molecule has 5 rings (SSSR count). The molecule has 1 saturated heterocycles. The molecule has 1 aliphatic rings. The molecule has 3 heterocycles. The number of halogens is 2. The van der Waals surface area contributed by atoms with Crippen molar-refractivity contribution < 1.29 is 13.7 Å². The molecular formula is C24H21ClFN5O2. The standard InChI is InChI=1S/C24H21ClFN5O2/c1-14-4-9-19(18(25)11-14)29-23(32)16-3-2-10-31(12-16)22-20-21(15-5-7-17(26)8-6-15)30-33-24(20)28-13-27-22/h4-9,11,13,16H,2-3,10,12H2,1H3,(H,29,32)/t16-/m1/s1. The average Bonchev–Trinajstić information content (AvgIpc) is 3.26. The Bertz CT molecular complexity index is 1320. The number of fused-ring (bicyclic) bond motifs is 1. The van der Waals surface area contributed by atoms with Crippen LogP contribution in [0.5, 0.6) is 0 Å². The third-order valence-electron chi connectivity index (χ3n) is 5.84. The molecule has 33 heavy (non-hydrogen) atoms. The third kappa shape index (κ3) is 4.26. The fourth-order valence-corrected chi connectivity index (χ4v) is 4.44. The van der Waals surface area contributed by atoms with Crippen LogP contribution >= 0.6 is 11.6 Å². The summed E-state index contributed by atoms with van der Waals surface area (Å²) in [5, 5.41) is 8.27. The van der Waals surface area contributed by atoms with E-state index >= 15 is 0 Å². The van der Waals surface area contributed by atoms with Crippen LogP contribution in [0.25, 0.3) is 22.4 Å². The van der Waals surface area contributed by atoms with Crippen LogP contribution in [0.15, 0.2) is 53.3 Å². The molecule has 2 aromatic carbocycles. The highest BCUT2D eigenvalue weighted by atomic mass is 35.5. The van der Waals surface area contributed by atoms with Crippen molar-refractivity contribution in [3.8, 4) is 11.3 Å². The van der Waals surface area contributed by atoms with Crippen molar-refractivity contribution in [1.82, 2.24) is 15.1 Å². The number of benzene rings is 2. The van der Waals surface area contributed by atoms with E-state index in [4.69, 9.17) is 16.1 Å². The van der Waals surface area contributed by atoms with E-state index in [-0.39, 0.29) is 17.6 Å². The number of aromatic nitrogens is 3. The van der Waals surface area contributed by atoms with Gasteiger partial charge in [0.15, 0.2) is 0 Å². The van der Waals surface area contributed by atoms with Crippen molar-refractivity contribution in [2.45, 2.75) is 19.8 Å². The predicted molar refractivity (Wildman–Crippen MR) is 125 cm³/mol. The molecule has 9 heteroatoms. The molecule has 1 N–H and O–H groups in total. The number of carbonyl (C=O) groups excluding carboxylic acids is 1. The number of aryl methyl sites for hydroxylation is 1. The van der Waals surface area contributed by atoms with Gasteiger partial charge in [-0.2, -0.15) is 4.98 Å². The Balaban J connectivity index is 1.42. The maximum atomic E-state index is 13.4. The molecule has 1 amide bonds. The van der Waals surface area contributed by atoms with Crippen LogP contribution in [0.1, 0.15) is 18.4 Å².